The van der Waals surface area contributed by atoms with E-state index in [0.717, 1.165) is 32.4 Å². The van der Waals surface area contributed by atoms with Crippen LogP contribution in [0.4, 0.5) is 0 Å². The van der Waals surface area contributed by atoms with Gasteiger partial charge in [-0.3, -0.25) is 9.69 Å². The van der Waals surface area contributed by atoms with Gasteiger partial charge in [-0.15, -0.1) is 6.58 Å². The fraction of sp³-hybridized carbons (Fsp3) is 0.800. The maximum atomic E-state index is 12.4. The van der Waals surface area contributed by atoms with Gasteiger partial charge in [0.2, 0.25) is 0 Å². The van der Waals surface area contributed by atoms with Gasteiger partial charge >= 0.3 is 0 Å². The molecule has 17 heavy (non-hydrogen) atoms. The smallest absolute Gasteiger partial charge is 0.152 e. The first-order chi connectivity index (χ1) is 8.15. The third-order valence-corrected chi connectivity index (χ3v) is 4.16. The van der Waals surface area contributed by atoms with Crippen molar-refractivity contribution in [1.82, 2.24) is 4.90 Å². The SMILES string of the molecule is C=CCCCC(=O)C(C)(CC)N1CCCCC1. The average Bonchev–Trinajstić information content (AvgIpc) is 2.39. The van der Waals surface area contributed by atoms with Crippen LogP contribution < -0.4 is 0 Å². The van der Waals surface area contributed by atoms with E-state index >= 15 is 0 Å². The number of hydrogen-bond donors (Lipinski definition) is 0. The van der Waals surface area contributed by atoms with E-state index in [4.69, 9.17) is 0 Å². The number of Topliss-reactive ketones (excluding diaryl/α,β-unsaturated/α-hetero) is 1. The van der Waals surface area contributed by atoms with Gasteiger partial charge < -0.3 is 0 Å². The zero-order chi connectivity index (χ0) is 12.7. The van der Waals surface area contributed by atoms with Gasteiger partial charge in [0, 0.05) is 6.42 Å². The second kappa shape index (κ2) is 6.95. The van der Waals surface area contributed by atoms with Gasteiger partial charge in [0.05, 0.1) is 5.54 Å². The second-order valence-corrected chi connectivity index (χ2v) is 5.28. The number of carbonyl (C=O) groups excluding carboxylic acids is 1. The number of rotatable bonds is 7. The van der Waals surface area contributed by atoms with Gasteiger partial charge in [-0.25, -0.2) is 0 Å². The summed E-state index contributed by atoms with van der Waals surface area (Å²) < 4.78 is 0. The number of piperidine rings is 1. The van der Waals surface area contributed by atoms with Gasteiger partial charge in [0.15, 0.2) is 5.78 Å². The second-order valence-electron chi connectivity index (χ2n) is 5.28. The molecule has 0 aromatic rings. The zero-order valence-electron chi connectivity index (χ0n) is 11.5. The minimum atomic E-state index is -0.221. The topological polar surface area (TPSA) is 20.3 Å². The predicted molar refractivity (Wildman–Crippen MR) is 73.2 cm³/mol. The Kier molecular flexibility index (Phi) is 5.90. The lowest BCUT2D eigenvalue weighted by molar-refractivity contribution is -0.131. The molecule has 1 aliphatic rings. The van der Waals surface area contributed by atoms with Crippen LogP contribution in [0.3, 0.4) is 0 Å². The first-order valence-electron chi connectivity index (χ1n) is 7.04. The molecule has 1 unspecified atom stereocenters. The maximum Gasteiger partial charge on any atom is 0.152 e. The average molecular weight is 237 g/mol. The van der Waals surface area contributed by atoms with Crippen molar-refractivity contribution in [3.8, 4) is 0 Å². The molecule has 1 atom stereocenters. The lowest BCUT2D eigenvalue weighted by Crippen LogP contribution is -2.53. The van der Waals surface area contributed by atoms with Crippen molar-refractivity contribution in [2.75, 3.05) is 13.1 Å². The Hall–Kier alpha value is -0.630. The summed E-state index contributed by atoms with van der Waals surface area (Å²) in [5.41, 5.74) is -0.221. The van der Waals surface area contributed by atoms with E-state index in [-0.39, 0.29) is 5.54 Å². The largest absolute Gasteiger partial charge is 0.298 e. The van der Waals surface area contributed by atoms with Gasteiger partial charge in [0.1, 0.15) is 0 Å². The summed E-state index contributed by atoms with van der Waals surface area (Å²) >= 11 is 0. The molecule has 1 heterocycles. The van der Waals surface area contributed by atoms with E-state index < -0.39 is 0 Å². The molecule has 0 aromatic carbocycles. The molecular weight excluding hydrogens is 210 g/mol. The van der Waals surface area contributed by atoms with Crippen LogP contribution in [0.5, 0.6) is 0 Å². The lowest BCUT2D eigenvalue weighted by Gasteiger charge is -2.42. The molecule has 0 N–H and O–H groups in total. The molecule has 1 fully saturated rings. The fourth-order valence-electron chi connectivity index (χ4n) is 2.66. The number of likely N-dealkylation sites (tertiary alicyclic amines) is 1. The standard InChI is InChI=1S/C15H27NO/c1-4-6-8-11-14(17)15(3,5-2)16-12-9-7-10-13-16/h4H,1,5-13H2,2-3H3. The third-order valence-electron chi connectivity index (χ3n) is 4.16. The Morgan fingerprint density at radius 1 is 1.35 bits per heavy atom. The minimum absolute atomic E-state index is 0.221. The number of allylic oxidation sites excluding steroid dienone is 1. The molecule has 2 nitrogen and oxygen atoms in total. The van der Waals surface area contributed by atoms with Gasteiger partial charge in [-0.05, 0) is 52.1 Å². The van der Waals surface area contributed by atoms with Crippen LogP contribution in [0, 0.1) is 0 Å². The van der Waals surface area contributed by atoms with Gasteiger partial charge in [-0.2, -0.15) is 0 Å². The summed E-state index contributed by atoms with van der Waals surface area (Å²) in [5, 5.41) is 0. The Balaban J connectivity index is 2.58. The van der Waals surface area contributed by atoms with Crippen LogP contribution in [0.1, 0.15) is 58.8 Å². The van der Waals surface area contributed by atoms with E-state index in [1.54, 1.807) is 0 Å². The number of hydrogen-bond acceptors (Lipinski definition) is 2. The monoisotopic (exact) mass is 237 g/mol. The highest BCUT2D eigenvalue weighted by Crippen LogP contribution is 2.26. The highest BCUT2D eigenvalue weighted by molar-refractivity contribution is 5.87. The lowest BCUT2D eigenvalue weighted by atomic mass is 9.86. The third kappa shape index (κ3) is 3.67. The van der Waals surface area contributed by atoms with Crippen molar-refractivity contribution < 1.29 is 4.79 Å². The Bertz CT molecular complexity index is 256. The Morgan fingerprint density at radius 2 is 2.00 bits per heavy atom. The van der Waals surface area contributed by atoms with Crippen LogP contribution in [0.15, 0.2) is 12.7 Å². The first-order valence-corrected chi connectivity index (χ1v) is 7.04. The van der Waals surface area contributed by atoms with Crippen molar-refractivity contribution in [3.63, 3.8) is 0 Å². The van der Waals surface area contributed by atoms with E-state index in [1.165, 1.54) is 19.3 Å². The molecule has 0 amide bonds. The van der Waals surface area contributed by atoms with E-state index in [1.807, 2.05) is 6.08 Å². The zero-order valence-corrected chi connectivity index (χ0v) is 11.5. The number of nitrogens with zero attached hydrogens (tertiary/aromatic N) is 1. The van der Waals surface area contributed by atoms with Crippen LogP contribution in [0.25, 0.3) is 0 Å². The molecule has 1 rings (SSSR count). The Morgan fingerprint density at radius 3 is 2.53 bits per heavy atom. The van der Waals surface area contributed by atoms with Crippen molar-refractivity contribution >= 4 is 5.78 Å². The van der Waals surface area contributed by atoms with Crippen LogP contribution in [-0.2, 0) is 4.79 Å². The quantitative estimate of drug-likeness (QED) is 0.498. The molecule has 1 saturated heterocycles. The molecule has 0 aliphatic carbocycles. The van der Waals surface area contributed by atoms with E-state index in [0.29, 0.717) is 12.2 Å². The summed E-state index contributed by atoms with van der Waals surface area (Å²) in [6, 6.07) is 0. The molecule has 0 aromatic heterocycles. The number of ketones is 1. The van der Waals surface area contributed by atoms with E-state index in [9.17, 15) is 4.79 Å². The molecule has 98 valence electrons. The van der Waals surface area contributed by atoms with Crippen molar-refractivity contribution in [2.24, 2.45) is 0 Å². The first kappa shape index (κ1) is 14.4. The van der Waals surface area contributed by atoms with Crippen molar-refractivity contribution in [2.45, 2.75) is 64.3 Å². The van der Waals surface area contributed by atoms with Crippen LogP contribution >= 0.6 is 0 Å². The fourth-order valence-corrected chi connectivity index (χ4v) is 2.66. The molecule has 0 spiro atoms. The number of unbranched alkanes of at least 4 members (excludes halogenated alkanes) is 1. The van der Waals surface area contributed by atoms with Gasteiger partial charge in [0.25, 0.3) is 0 Å². The molecule has 1 aliphatic heterocycles. The maximum absolute atomic E-state index is 12.4. The predicted octanol–water partition coefficient (Wildman–Crippen LogP) is 3.57. The van der Waals surface area contributed by atoms with Crippen molar-refractivity contribution in [3.05, 3.63) is 12.7 Å². The minimum Gasteiger partial charge on any atom is -0.298 e. The normalized spacial score (nSPS) is 20.8. The summed E-state index contributed by atoms with van der Waals surface area (Å²) in [6.45, 7) is 10.2. The molecular formula is C15H27NO. The summed E-state index contributed by atoms with van der Waals surface area (Å²) in [6.07, 6.45) is 9.24. The molecule has 0 saturated carbocycles. The molecule has 0 bridgehead atoms. The molecule has 0 radical (unpaired) electrons. The summed E-state index contributed by atoms with van der Waals surface area (Å²) in [5.74, 6) is 0.420. The van der Waals surface area contributed by atoms with Crippen LogP contribution in [0.2, 0.25) is 0 Å². The highest BCUT2D eigenvalue weighted by Gasteiger charge is 2.36. The van der Waals surface area contributed by atoms with E-state index in [2.05, 4.69) is 25.3 Å². The summed E-state index contributed by atoms with van der Waals surface area (Å²) in [4.78, 5) is 14.8. The number of carbonyl (C=O) groups is 1. The highest BCUT2D eigenvalue weighted by atomic mass is 16.1. The van der Waals surface area contributed by atoms with Crippen molar-refractivity contribution in [1.29, 1.82) is 0 Å². The Labute approximate surface area is 106 Å². The van der Waals surface area contributed by atoms with Gasteiger partial charge in [-0.1, -0.05) is 19.4 Å². The summed E-state index contributed by atoms with van der Waals surface area (Å²) in [7, 11) is 0. The molecule has 2 heteroatoms. The van der Waals surface area contributed by atoms with Crippen LogP contribution in [-0.4, -0.2) is 29.3 Å².